The molecule has 6 nitrogen and oxygen atoms in total. The Morgan fingerprint density at radius 2 is 1.75 bits per heavy atom. The molecule has 0 radical (unpaired) electrons. The van der Waals surface area contributed by atoms with Crippen molar-refractivity contribution in [3.8, 4) is 5.75 Å². The molecule has 3 aromatic carbocycles. The van der Waals surface area contributed by atoms with Gasteiger partial charge in [-0.25, -0.2) is 4.90 Å². The first-order valence-corrected chi connectivity index (χ1v) is 12.6. The molecule has 0 spiro atoms. The van der Waals surface area contributed by atoms with E-state index in [4.69, 9.17) is 16.3 Å². The van der Waals surface area contributed by atoms with Crippen LogP contribution in [0.4, 0.5) is 11.4 Å². The highest BCUT2D eigenvalue weighted by atomic mass is 79.9. The standard InChI is InChI=1S/C28H20BrClN2O4/c1-36-22-12-10-16(13-19(22)29)26(33)25-24-23(21-11-9-15-5-2-3-8-20(15)32(21)25)27(34)31(28(24)35)18-7-4-6-17(30)14-18/h2-14,21,23-25H,1H3/t21-,23-,24-,25+/m1/s1. The number of benzene rings is 3. The number of ketones is 1. The van der Waals surface area contributed by atoms with Crippen LogP contribution in [0.5, 0.6) is 5.75 Å². The number of halogens is 2. The molecule has 3 aliphatic rings. The number of Topliss-reactive ketones (excluding diaryl/α,β-unsaturated/α-hetero) is 1. The van der Waals surface area contributed by atoms with E-state index in [0.29, 0.717) is 26.5 Å². The van der Waals surface area contributed by atoms with Gasteiger partial charge in [-0.1, -0.05) is 48.0 Å². The molecule has 36 heavy (non-hydrogen) atoms. The van der Waals surface area contributed by atoms with Gasteiger partial charge < -0.3 is 9.64 Å². The number of imide groups is 1. The number of anilines is 2. The summed E-state index contributed by atoms with van der Waals surface area (Å²) in [6, 6.07) is 18.2. The highest BCUT2D eigenvalue weighted by Crippen LogP contribution is 2.50. The van der Waals surface area contributed by atoms with Gasteiger partial charge in [-0.05, 0) is 64.0 Å². The molecule has 2 amide bonds. The SMILES string of the molecule is COc1ccc(C(=O)[C@@H]2[C@@H]3C(=O)N(c4cccc(Cl)c4)C(=O)[C@@H]3[C@H]3C=Cc4ccccc4N32)cc1Br. The summed E-state index contributed by atoms with van der Waals surface area (Å²) < 4.78 is 5.95. The fourth-order valence-corrected chi connectivity index (χ4v) is 6.40. The summed E-state index contributed by atoms with van der Waals surface area (Å²) in [4.78, 5) is 45.0. The van der Waals surface area contributed by atoms with Crippen LogP contribution in [-0.2, 0) is 9.59 Å². The highest BCUT2D eigenvalue weighted by molar-refractivity contribution is 9.10. The number of ether oxygens (including phenoxy) is 1. The lowest BCUT2D eigenvalue weighted by Gasteiger charge is -2.36. The fraction of sp³-hybridized carbons (Fsp3) is 0.179. The molecule has 2 saturated heterocycles. The van der Waals surface area contributed by atoms with Gasteiger partial charge in [0.05, 0.1) is 35.1 Å². The van der Waals surface area contributed by atoms with Crippen molar-refractivity contribution in [2.75, 3.05) is 16.9 Å². The lowest BCUT2D eigenvalue weighted by atomic mass is 9.86. The molecule has 0 aromatic heterocycles. The third-order valence-corrected chi connectivity index (χ3v) is 8.04. The van der Waals surface area contributed by atoms with E-state index in [9.17, 15) is 14.4 Å². The van der Waals surface area contributed by atoms with E-state index < -0.39 is 29.8 Å². The van der Waals surface area contributed by atoms with E-state index in [1.54, 1.807) is 49.6 Å². The van der Waals surface area contributed by atoms with Gasteiger partial charge in [0.25, 0.3) is 0 Å². The molecule has 2 fully saturated rings. The molecular weight excluding hydrogens is 544 g/mol. The van der Waals surface area contributed by atoms with Crippen LogP contribution in [0.2, 0.25) is 5.02 Å². The van der Waals surface area contributed by atoms with E-state index in [2.05, 4.69) is 15.9 Å². The number of fused-ring (bicyclic) bond motifs is 5. The number of hydrogen-bond acceptors (Lipinski definition) is 5. The Labute approximate surface area is 221 Å². The minimum absolute atomic E-state index is 0.227. The summed E-state index contributed by atoms with van der Waals surface area (Å²) in [7, 11) is 1.55. The normalized spacial score (nSPS) is 24.0. The molecule has 6 rings (SSSR count). The first-order valence-electron chi connectivity index (χ1n) is 11.5. The maximum atomic E-state index is 14.1. The van der Waals surface area contributed by atoms with Crippen LogP contribution in [0.1, 0.15) is 15.9 Å². The number of carbonyl (C=O) groups excluding carboxylic acids is 3. The van der Waals surface area contributed by atoms with Crippen LogP contribution in [-0.4, -0.2) is 36.8 Å². The molecule has 0 saturated carbocycles. The largest absolute Gasteiger partial charge is 0.496 e. The van der Waals surface area contributed by atoms with Crippen LogP contribution < -0.4 is 14.5 Å². The first-order chi connectivity index (χ1) is 17.4. The van der Waals surface area contributed by atoms with Crippen LogP contribution in [0, 0.1) is 11.8 Å². The van der Waals surface area contributed by atoms with Gasteiger partial charge in [0, 0.05) is 16.3 Å². The van der Waals surface area contributed by atoms with Crippen LogP contribution >= 0.6 is 27.5 Å². The Morgan fingerprint density at radius 3 is 2.50 bits per heavy atom. The number of nitrogens with zero attached hydrogens (tertiary/aromatic N) is 2. The van der Waals surface area contributed by atoms with Gasteiger partial charge in [-0.15, -0.1) is 0 Å². The number of hydrogen-bond donors (Lipinski definition) is 0. The Kier molecular flexibility index (Phi) is 5.50. The van der Waals surface area contributed by atoms with Crippen LogP contribution in [0.3, 0.4) is 0 Å². The third-order valence-electron chi connectivity index (χ3n) is 7.19. The zero-order chi connectivity index (χ0) is 25.1. The van der Waals surface area contributed by atoms with Gasteiger partial charge in [-0.3, -0.25) is 14.4 Å². The van der Waals surface area contributed by atoms with Crippen molar-refractivity contribution in [1.29, 1.82) is 0 Å². The van der Waals surface area contributed by atoms with Gasteiger partial charge in [0.2, 0.25) is 11.8 Å². The van der Waals surface area contributed by atoms with Crippen molar-refractivity contribution in [2.45, 2.75) is 12.1 Å². The summed E-state index contributed by atoms with van der Waals surface area (Å²) in [5, 5.41) is 0.425. The molecule has 180 valence electrons. The predicted molar refractivity (Wildman–Crippen MR) is 141 cm³/mol. The van der Waals surface area contributed by atoms with Crippen molar-refractivity contribution in [3.63, 3.8) is 0 Å². The molecule has 0 bridgehead atoms. The minimum atomic E-state index is -0.855. The molecule has 3 aliphatic heterocycles. The summed E-state index contributed by atoms with van der Waals surface area (Å²) in [5.41, 5.74) is 2.62. The Morgan fingerprint density at radius 1 is 0.972 bits per heavy atom. The molecule has 0 unspecified atom stereocenters. The zero-order valence-electron chi connectivity index (χ0n) is 19.1. The maximum absolute atomic E-state index is 14.1. The van der Waals surface area contributed by atoms with Gasteiger partial charge in [-0.2, -0.15) is 0 Å². The number of amides is 2. The number of rotatable bonds is 4. The van der Waals surface area contributed by atoms with Gasteiger partial charge in [0.15, 0.2) is 5.78 Å². The third kappa shape index (κ3) is 3.33. The van der Waals surface area contributed by atoms with Crippen molar-refractivity contribution < 1.29 is 19.1 Å². The minimum Gasteiger partial charge on any atom is -0.496 e. The van der Waals surface area contributed by atoms with Crippen molar-refractivity contribution in [3.05, 3.63) is 93.4 Å². The Balaban J connectivity index is 1.49. The molecule has 0 aliphatic carbocycles. The molecule has 3 aromatic rings. The second-order valence-electron chi connectivity index (χ2n) is 9.02. The second-order valence-corrected chi connectivity index (χ2v) is 10.3. The topological polar surface area (TPSA) is 66.9 Å². The lowest BCUT2D eigenvalue weighted by molar-refractivity contribution is -0.122. The summed E-state index contributed by atoms with van der Waals surface area (Å²) in [5.74, 6) is -1.88. The number of carbonyl (C=O) groups is 3. The molecule has 4 atom stereocenters. The van der Waals surface area contributed by atoms with E-state index in [1.165, 1.54) is 4.90 Å². The average molecular weight is 564 g/mol. The van der Waals surface area contributed by atoms with E-state index in [1.807, 2.05) is 41.3 Å². The fourth-order valence-electron chi connectivity index (χ4n) is 5.67. The number of methoxy groups -OCH3 is 1. The molecular formula is C28H20BrClN2O4. The molecule has 3 heterocycles. The van der Waals surface area contributed by atoms with E-state index in [-0.39, 0.29) is 11.7 Å². The average Bonchev–Trinajstić information content (AvgIpc) is 3.36. The second kappa shape index (κ2) is 8.61. The smallest absolute Gasteiger partial charge is 0.240 e. The van der Waals surface area contributed by atoms with Gasteiger partial charge >= 0.3 is 0 Å². The summed E-state index contributed by atoms with van der Waals surface area (Å²) in [6.07, 6.45) is 3.90. The van der Waals surface area contributed by atoms with Crippen molar-refractivity contribution >= 4 is 62.6 Å². The maximum Gasteiger partial charge on any atom is 0.240 e. The van der Waals surface area contributed by atoms with Crippen molar-refractivity contribution in [2.24, 2.45) is 11.8 Å². The Bertz CT molecular complexity index is 1470. The highest BCUT2D eigenvalue weighted by Gasteiger charge is 2.64. The quantitative estimate of drug-likeness (QED) is 0.315. The number of para-hydroxylation sites is 1. The Hall–Kier alpha value is -3.42. The van der Waals surface area contributed by atoms with Crippen LogP contribution in [0.15, 0.2) is 77.3 Å². The van der Waals surface area contributed by atoms with Crippen LogP contribution in [0.25, 0.3) is 6.08 Å². The van der Waals surface area contributed by atoms with E-state index >= 15 is 0 Å². The molecule has 0 N–H and O–H groups in total. The lowest BCUT2D eigenvalue weighted by Crippen LogP contribution is -2.48. The predicted octanol–water partition coefficient (Wildman–Crippen LogP) is 5.38. The summed E-state index contributed by atoms with van der Waals surface area (Å²) >= 11 is 9.63. The van der Waals surface area contributed by atoms with Gasteiger partial charge in [0.1, 0.15) is 11.8 Å². The molecule has 8 heteroatoms. The summed E-state index contributed by atoms with van der Waals surface area (Å²) in [6.45, 7) is 0. The zero-order valence-corrected chi connectivity index (χ0v) is 21.4. The first kappa shape index (κ1) is 23.0. The van der Waals surface area contributed by atoms with Crippen molar-refractivity contribution in [1.82, 2.24) is 0 Å². The monoisotopic (exact) mass is 562 g/mol. The van der Waals surface area contributed by atoms with E-state index in [0.717, 1.165) is 11.3 Å².